The largest absolute Gasteiger partial charge is 0.348 e. The van der Waals surface area contributed by atoms with Crippen molar-refractivity contribution in [3.63, 3.8) is 0 Å². The second kappa shape index (κ2) is 9.24. The zero-order valence-electron chi connectivity index (χ0n) is 17.0. The van der Waals surface area contributed by atoms with Crippen molar-refractivity contribution < 1.29 is 9.59 Å². The maximum Gasteiger partial charge on any atom is 0.319 e. The molecular formula is C24H27N3O2. The van der Waals surface area contributed by atoms with E-state index in [4.69, 9.17) is 0 Å². The fourth-order valence-corrected chi connectivity index (χ4v) is 3.23. The molecule has 3 aromatic rings. The number of fused-ring (bicyclic) bond motifs is 1. The van der Waals surface area contributed by atoms with E-state index in [1.54, 1.807) is 12.1 Å². The van der Waals surface area contributed by atoms with Gasteiger partial charge >= 0.3 is 6.03 Å². The van der Waals surface area contributed by atoms with Crippen LogP contribution in [0.2, 0.25) is 0 Å². The van der Waals surface area contributed by atoms with Gasteiger partial charge in [-0.15, -0.1) is 0 Å². The highest BCUT2D eigenvalue weighted by Gasteiger charge is 2.25. The molecule has 5 nitrogen and oxygen atoms in total. The summed E-state index contributed by atoms with van der Waals surface area (Å²) in [5.74, 6) is -0.260. The van der Waals surface area contributed by atoms with E-state index in [1.165, 1.54) is 0 Å². The Morgan fingerprint density at radius 3 is 2.10 bits per heavy atom. The fourth-order valence-electron chi connectivity index (χ4n) is 3.23. The van der Waals surface area contributed by atoms with Crippen molar-refractivity contribution in [3.8, 4) is 0 Å². The van der Waals surface area contributed by atoms with Gasteiger partial charge in [-0.2, -0.15) is 0 Å². The third-order valence-electron chi connectivity index (χ3n) is 4.90. The highest BCUT2D eigenvalue weighted by Crippen LogP contribution is 2.20. The summed E-state index contributed by atoms with van der Waals surface area (Å²) in [4.78, 5) is 25.2. The van der Waals surface area contributed by atoms with Crippen LogP contribution in [-0.2, 0) is 4.79 Å². The van der Waals surface area contributed by atoms with Gasteiger partial charge < -0.3 is 16.0 Å². The van der Waals surface area contributed by atoms with Crippen LogP contribution in [0.1, 0.15) is 32.4 Å². The molecule has 0 saturated carbocycles. The lowest BCUT2D eigenvalue weighted by Crippen LogP contribution is -2.51. The first kappa shape index (κ1) is 20.4. The summed E-state index contributed by atoms with van der Waals surface area (Å²) >= 11 is 0. The van der Waals surface area contributed by atoms with Gasteiger partial charge in [-0.25, -0.2) is 4.79 Å². The Labute approximate surface area is 171 Å². The molecule has 0 fully saturated rings. The van der Waals surface area contributed by atoms with Gasteiger partial charge in [-0.05, 0) is 47.4 Å². The Morgan fingerprint density at radius 2 is 1.41 bits per heavy atom. The minimum atomic E-state index is -0.637. The number of benzene rings is 3. The van der Waals surface area contributed by atoms with Crippen LogP contribution in [0, 0.1) is 5.92 Å². The van der Waals surface area contributed by atoms with Gasteiger partial charge in [0.25, 0.3) is 0 Å². The van der Waals surface area contributed by atoms with Gasteiger partial charge in [0.05, 0.1) is 6.04 Å². The number of carbonyl (C=O) groups excluding carboxylic acids is 2. The van der Waals surface area contributed by atoms with E-state index in [-0.39, 0.29) is 17.9 Å². The number of hydrogen-bond donors (Lipinski definition) is 3. The number of urea groups is 1. The van der Waals surface area contributed by atoms with Gasteiger partial charge in [-0.3, -0.25) is 4.79 Å². The second-order valence-electron chi connectivity index (χ2n) is 7.52. The van der Waals surface area contributed by atoms with E-state index < -0.39 is 12.1 Å². The molecule has 3 N–H and O–H groups in total. The maximum absolute atomic E-state index is 12.9. The zero-order chi connectivity index (χ0) is 20.8. The summed E-state index contributed by atoms with van der Waals surface area (Å²) in [6.45, 7) is 5.77. The highest BCUT2D eigenvalue weighted by molar-refractivity contribution is 5.94. The zero-order valence-corrected chi connectivity index (χ0v) is 17.0. The third kappa shape index (κ3) is 5.35. The molecule has 0 aromatic heterocycles. The number of para-hydroxylation sites is 1. The topological polar surface area (TPSA) is 70.2 Å². The first-order valence-corrected chi connectivity index (χ1v) is 9.85. The second-order valence-corrected chi connectivity index (χ2v) is 7.52. The van der Waals surface area contributed by atoms with Crippen LogP contribution in [0.15, 0.2) is 72.8 Å². The molecule has 3 rings (SSSR count). The Morgan fingerprint density at radius 1 is 0.759 bits per heavy atom. The SMILES string of the molecule is CC(NC(=O)C(NC(=O)Nc1ccccc1)C(C)C)c1ccc2ccccc2c1. The van der Waals surface area contributed by atoms with Crippen molar-refractivity contribution >= 4 is 28.4 Å². The minimum absolute atomic E-state index is 0.0553. The number of nitrogens with one attached hydrogen (secondary N) is 3. The van der Waals surface area contributed by atoms with Crippen LogP contribution in [0.3, 0.4) is 0 Å². The predicted molar refractivity (Wildman–Crippen MR) is 118 cm³/mol. The Bertz CT molecular complexity index is 986. The van der Waals surface area contributed by atoms with Crippen LogP contribution in [0.25, 0.3) is 10.8 Å². The molecule has 150 valence electrons. The Kier molecular flexibility index (Phi) is 6.50. The first-order valence-electron chi connectivity index (χ1n) is 9.85. The first-order chi connectivity index (χ1) is 13.9. The molecule has 2 atom stereocenters. The van der Waals surface area contributed by atoms with Crippen molar-refractivity contribution in [3.05, 3.63) is 78.4 Å². The van der Waals surface area contributed by atoms with Crippen molar-refractivity contribution in [2.45, 2.75) is 32.9 Å². The van der Waals surface area contributed by atoms with Gasteiger partial charge in [0.15, 0.2) is 0 Å². The molecule has 0 aliphatic carbocycles. The summed E-state index contributed by atoms with van der Waals surface area (Å²) < 4.78 is 0. The number of hydrogen-bond acceptors (Lipinski definition) is 2. The van der Waals surface area contributed by atoms with Crippen LogP contribution >= 0.6 is 0 Å². The van der Waals surface area contributed by atoms with Crippen LogP contribution < -0.4 is 16.0 Å². The number of amides is 3. The Hall–Kier alpha value is -3.34. The normalized spacial score (nSPS) is 13.0. The summed E-state index contributed by atoms with van der Waals surface area (Å²) in [6, 6.07) is 22.2. The van der Waals surface area contributed by atoms with E-state index in [0.29, 0.717) is 5.69 Å². The molecule has 29 heavy (non-hydrogen) atoms. The molecule has 3 aromatic carbocycles. The lowest BCUT2D eigenvalue weighted by atomic mass is 10.0. The third-order valence-corrected chi connectivity index (χ3v) is 4.90. The molecule has 0 spiro atoms. The molecular weight excluding hydrogens is 362 g/mol. The number of anilines is 1. The fraction of sp³-hybridized carbons (Fsp3) is 0.250. The van der Waals surface area contributed by atoms with E-state index >= 15 is 0 Å². The molecule has 0 bridgehead atoms. The number of rotatable bonds is 6. The molecule has 0 saturated heterocycles. The van der Waals surface area contributed by atoms with Crippen LogP contribution in [0.4, 0.5) is 10.5 Å². The minimum Gasteiger partial charge on any atom is -0.348 e. The van der Waals surface area contributed by atoms with Gasteiger partial charge in [0.2, 0.25) is 5.91 Å². The quantitative estimate of drug-likeness (QED) is 0.563. The monoisotopic (exact) mass is 389 g/mol. The average molecular weight is 389 g/mol. The van der Waals surface area contributed by atoms with Gasteiger partial charge in [0, 0.05) is 5.69 Å². The Balaban J connectivity index is 1.65. The molecule has 0 heterocycles. The molecule has 2 unspecified atom stereocenters. The van der Waals surface area contributed by atoms with E-state index in [2.05, 4.69) is 40.2 Å². The predicted octanol–water partition coefficient (Wildman–Crippen LogP) is 4.86. The summed E-state index contributed by atoms with van der Waals surface area (Å²) in [5.41, 5.74) is 1.70. The molecule has 0 radical (unpaired) electrons. The summed E-state index contributed by atoms with van der Waals surface area (Å²) in [7, 11) is 0. The molecule has 0 aliphatic heterocycles. The summed E-state index contributed by atoms with van der Waals surface area (Å²) in [5, 5.41) is 10.9. The van der Waals surface area contributed by atoms with E-state index in [9.17, 15) is 9.59 Å². The van der Waals surface area contributed by atoms with Crippen LogP contribution in [0.5, 0.6) is 0 Å². The lowest BCUT2D eigenvalue weighted by Gasteiger charge is -2.24. The highest BCUT2D eigenvalue weighted by atomic mass is 16.2. The van der Waals surface area contributed by atoms with Crippen LogP contribution in [-0.4, -0.2) is 18.0 Å². The summed E-state index contributed by atoms with van der Waals surface area (Å²) in [6.07, 6.45) is 0. The van der Waals surface area contributed by atoms with Crippen molar-refractivity contribution in [2.75, 3.05) is 5.32 Å². The van der Waals surface area contributed by atoms with Gasteiger partial charge in [0.1, 0.15) is 6.04 Å². The lowest BCUT2D eigenvalue weighted by molar-refractivity contribution is -0.124. The molecule has 3 amide bonds. The smallest absolute Gasteiger partial charge is 0.319 e. The van der Waals surface area contributed by atoms with Crippen molar-refractivity contribution in [1.29, 1.82) is 0 Å². The van der Waals surface area contributed by atoms with E-state index in [0.717, 1.165) is 16.3 Å². The maximum atomic E-state index is 12.9. The van der Waals surface area contributed by atoms with Crippen molar-refractivity contribution in [2.24, 2.45) is 5.92 Å². The van der Waals surface area contributed by atoms with E-state index in [1.807, 2.05) is 57.2 Å². The molecule has 5 heteroatoms. The average Bonchev–Trinajstić information content (AvgIpc) is 2.72. The number of carbonyl (C=O) groups is 2. The van der Waals surface area contributed by atoms with Gasteiger partial charge in [-0.1, -0.05) is 68.4 Å². The molecule has 0 aliphatic rings. The van der Waals surface area contributed by atoms with Crippen molar-refractivity contribution in [1.82, 2.24) is 10.6 Å². The standard InChI is InChI=1S/C24H27N3O2/c1-16(2)22(27-24(29)26-21-11-5-4-6-12-21)23(28)25-17(3)19-14-13-18-9-7-8-10-20(18)15-19/h4-17,22H,1-3H3,(H,25,28)(H2,26,27,29).